The van der Waals surface area contributed by atoms with Crippen LogP contribution in [0.4, 0.5) is 26.3 Å². The van der Waals surface area contributed by atoms with Crippen LogP contribution in [0.2, 0.25) is 5.28 Å². The smallest absolute Gasteiger partial charge is 0.434 e. The van der Waals surface area contributed by atoms with E-state index in [0.717, 1.165) is 16.7 Å². The number of carbonyl (C=O) groups excluding carboxylic acids is 1. The minimum atomic E-state index is -5.04. The molecule has 2 unspecified atom stereocenters. The van der Waals surface area contributed by atoms with E-state index in [9.17, 15) is 41.4 Å². The highest BCUT2D eigenvalue weighted by atomic mass is 35.5. The quantitative estimate of drug-likeness (QED) is 0.293. The summed E-state index contributed by atoms with van der Waals surface area (Å²) in [7, 11) is 0. The molecule has 16 heteroatoms. The summed E-state index contributed by atoms with van der Waals surface area (Å²) in [5.41, 5.74) is -7.87. The van der Waals surface area contributed by atoms with Gasteiger partial charge in [-0.3, -0.25) is 9.36 Å². The van der Waals surface area contributed by atoms with Gasteiger partial charge in [-0.2, -0.15) is 31.6 Å². The zero-order valence-electron chi connectivity index (χ0n) is 20.2. The Bertz CT molecular complexity index is 1630. The van der Waals surface area contributed by atoms with Gasteiger partial charge in [-0.05, 0) is 43.6 Å². The number of nitriles is 1. The van der Waals surface area contributed by atoms with E-state index in [0.29, 0.717) is 12.3 Å². The summed E-state index contributed by atoms with van der Waals surface area (Å²) >= 11 is 5.48. The molecule has 2 bridgehead atoms. The molecule has 5 rings (SSSR count). The molecular weight excluding hydrogens is 572 g/mol. The Labute approximate surface area is 225 Å². The van der Waals surface area contributed by atoms with Crippen LogP contribution in [-0.4, -0.2) is 36.7 Å². The summed E-state index contributed by atoms with van der Waals surface area (Å²) in [6, 6.07) is 2.93. The van der Waals surface area contributed by atoms with E-state index >= 15 is 0 Å². The average Bonchev–Trinajstić information content (AvgIpc) is 3.37. The number of halogens is 7. The molecule has 0 saturated carbocycles. The molecule has 40 heavy (non-hydrogen) atoms. The van der Waals surface area contributed by atoms with E-state index in [2.05, 4.69) is 15.3 Å². The monoisotopic (exact) mass is 587 g/mol. The van der Waals surface area contributed by atoms with E-state index < -0.39 is 74.9 Å². The molecule has 1 fully saturated rings. The first kappa shape index (κ1) is 27.5. The molecule has 2 aromatic heterocycles. The number of hydrogen-bond donors (Lipinski definition) is 3. The van der Waals surface area contributed by atoms with Crippen molar-refractivity contribution >= 4 is 17.5 Å². The van der Waals surface area contributed by atoms with Crippen LogP contribution in [0.5, 0.6) is 11.8 Å². The fourth-order valence-corrected chi connectivity index (χ4v) is 5.61. The zero-order valence-corrected chi connectivity index (χ0v) is 21.0. The normalized spacial score (nSPS) is 23.6. The highest BCUT2D eigenvalue weighted by Crippen LogP contribution is 2.64. The minimum Gasteiger partial charge on any atom is -0.494 e. The first-order valence-corrected chi connectivity index (χ1v) is 11.7. The summed E-state index contributed by atoms with van der Waals surface area (Å²) in [5, 5.41) is 32.9. The van der Waals surface area contributed by atoms with Gasteiger partial charge in [-0.1, -0.05) is 0 Å². The van der Waals surface area contributed by atoms with E-state index in [1.807, 2.05) is 0 Å². The van der Waals surface area contributed by atoms with Crippen molar-refractivity contribution < 1.29 is 46.1 Å². The number of fused-ring (bicyclic) bond motifs is 5. The Morgan fingerprint density at radius 3 is 2.42 bits per heavy atom. The maximum atomic E-state index is 13.6. The lowest BCUT2D eigenvalue weighted by Crippen LogP contribution is -2.47. The SMILES string of the molecule is CC12C[C@@H](NC(=O)c3cnc(Cl)nc3C(F)(F)F)C(C)(O1)c1c2c(O)n(-c2ccc(C#N)c(C(F)(F)F)c2)c1O. The van der Waals surface area contributed by atoms with Crippen molar-refractivity contribution in [1.29, 1.82) is 5.26 Å². The third-order valence-electron chi connectivity index (χ3n) is 7.11. The van der Waals surface area contributed by atoms with Gasteiger partial charge in [0.15, 0.2) is 5.69 Å². The van der Waals surface area contributed by atoms with Crippen LogP contribution in [0.3, 0.4) is 0 Å². The maximum absolute atomic E-state index is 13.6. The number of rotatable bonds is 3. The van der Waals surface area contributed by atoms with Gasteiger partial charge >= 0.3 is 12.4 Å². The van der Waals surface area contributed by atoms with Crippen molar-refractivity contribution in [3.8, 4) is 23.5 Å². The molecule has 9 nitrogen and oxygen atoms in total. The number of carbonyl (C=O) groups is 1. The molecule has 2 aliphatic heterocycles. The van der Waals surface area contributed by atoms with Crippen molar-refractivity contribution in [2.45, 2.75) is 49.9 Å². The van der Waals surface area contributed by atoms with Crippen molar-refractivity contribution in [3.05, 3.63) is 63.2 Å². The summed E-state index contributed by atoms with van der Waals surface area (Å²) < 4.78 is 87.9. The number of ether oxygens (including phenoxy) is 1. The Hall–Kier alpha value is -4.03. The van der Waals surface area contributed by atoms with Crippen LogP contribution in [0, 0.1) is 11.3 Å². The number of benzene rings is 1. The van der Waals surface area contributed by atoms with E-state index in [1.165, 1.54) is 19.9 Å². The van der Waals surface area contributed by atoms with Gasteiger partial charge in [-0.25, -0.2) is 9.97 Å². The maximum Gasteiger partial charge on any atom is 0.434 e. The molecule has 3 aromatic rings. The number of hydrogen-bond acceptors (Lipinski definition) is 7. The van der Waals surface area contributed by atoms with Crippen LogP contribution in [-0.2, 0) is 28.3 Å². The van der Waals surface area contributed by atoms with Gasteiger partial charge in [0.05, 0.1) is 51.2 Å². The van der Waals surface area contributed by atoms with E-state index in [4.69, 9.17) is 21.6 Å². The molecule has 1 aromatic carbocycles. The molecular formula is C24H16ClF6N5O4. The largest absolute Gasteiger partial charge is 0.494 e. The summed E-state index contributed by atoms with van der Waals surface area (Å²) in [4.78, 5) is 19.5. The molecule has 210 valence electrons. The van der Waals surface area contributed by atoms with Crippen LogP contribution in [0.25, 0.3) is 5.69 Å². The molecule has 1 saturated heterocycles. The molecule has 0 aliphatic carbocycles. The Morgan fingerprint density at radius 1 is 1.18 bits per heavy atom. The Morgan fingerprint density at radius 2 is 1.82 bits per heavy atom. The number of nitrogens with one attached hydrogen (secondary N) is 1. The Balaban J connectivity index is 1.57. The van der Waals surface area contributed by atoms with Gasteiger partial charge in [0, 0.05) is 12.6 Å². The highest BCUT2D eigenvalue weighted by molar-refractivity contribution is 6.28. The molecule has 0 radical (unpaired) electrons. The number of alkyl halides is 6. The van der Waals surface area contributed by atoms with Gasteiger partial charge in [0.25, 0.3) is 5.91 Å². The van der Waals surface area contributed by atoms with Crippen molar-refractivity contribution in [2.24, 2.45) is 0 Å². The lowest BCUT2D eigenvalue weighted by Gasteiger charge is -2.30. The first-order chi connectivity index (χ1) is 18.4. The van der Waals surface area contributed by atoms with E-state index in [1.54, 1.807) is 0 Å². The molecule has 0 spiro atoms. The fourth-order valence-electron chi connectivity index (χ4n) is 5.48. The van der Waals surface area contributed by atoms with Crippen molar-refractivity contribution in [3.63, 3.8) is 0 Å². The predicted octanol–water partition coefficient (Wildman–Crippen LogP) is 4.90. The van der Waals surface area contributed by atoms with Crippen LogP contribution >= 0.6 is 11.6 Å². The van der Waals surface area contributed by atoms with Crippen LogP contribution in [0.1, 0.15) is 58.6 Å². The summed E-state index contributed by atoms with van der Waals surface area (Å²) in [6.45, 7) is 2.89. The number of amides is 1. The Kier molecular flexibility index (Phi) is 5.84. The fraction of sp³-hybridized carbons (Fsp3) is 0.333. The van der Waals surface area contributed by atoms with Crippen LogP contribution in [0.15, 0.2) is 24.4 Å². The molecule has 3 atom stereocenters. The highest BCUT2D eigenvalue weighted by Gasteiger charge is 2.65. The standard InChI is InChI=1S/C24H16ClF6N5O4/c1-21-6-13(34-17(37)11-8-33-20(25)35-16(11)24(29,30)31)22(2,40-21)15-14(21)18(38)36(19(15)39)10-4-3-9(7-32)12(5-10)23(26,27)28/h3-5,8,13,38-39H,6H2,1-2H3,(H,34,37)/t13-,21?,22?/m1/s1. The first-order valence-electron chi connectivity index (χ1n) is 11.3. The van der Waals surface area contributed by atoms with Crippen molar-refractivity contribution in [2.75, 3.05) is 0 Å². The summed E-state index contributed by atoms with van der Waals surface area (Å²) in [6.07, 6.45) is -9.43. The second-order valence-corrected chi connectivity index (χ2v) is 9.98. The predicted molar refractivity (Wildman–Crippen MR) is 123 cm³/mol. The van der Waals surface area contributed by atoms with Crippen LogP contribution < -0.4 is 5.32 Å². The van der Waals surface area contributed by atoms with Gasteiger partial charge in [-0.15, -0.1) is 0 Å². The van der Waals surface area contributed by atoms with Crippen molar-refractivity contribution in [1.82, 2.24) is 19.9 Å². The average molecular weight is 588 g/mol. The number of nitrogens with zero attached hydrogens (tertiary/aromatic N) is 4. The second-order valence-electron chi connectivity index (χ2n) is 9.64. The third-order valence-corrected chi connectivity index (χ3v) is 7.29. The van der Waals surface area contributed by atoms with Gasteiger partial charge in [0.2, 0.25) is 17.0 Å². The topological polar surface area (TPSA) is 133 Å². The molecule has 1 amide bonds. The van der Waals surface area contributed by atoms with Gasteiger partial charge in [0.1, 0.15) is 5.60 Å². The number of aromatic nitrogens is 3. The third kappa shape index (κ3) is 3.93. The van der Waals surface area contributed by atoms with Gasteiger partial charge < -0.3 is 20.3 Å². The summed E-state index contributed by atoms with van der Waals surface area (Å²) in [5.74, 6) is -2.59. The zero-order chi connectivity index (χ0) is 29.6. The molecule has 2 aliphatic rings. The van der Waals surface area contributed by atoms with E-state index in [-0.39, 0.29) is 23.2 Å². The molecule has 3 N–H and O–H groups in total. The molecule has 4 heterocycles. The second kappa shape index (κ2) is 8.48. The number of aromatic hydroxyl groups is 2. The lowest BCUT2D eigenvalue weighted by atomic mass is 9.76. The minimum absolute atomic E-state index is 0.0294. The lowest BCUT2D eigenvalue weighted by molar-refractivity contribution is -0.141.